The molecule has 4 nitrogen and oxygen atoms in total. The number of benzene rings is 1. The Bertz CT molecular complexity index is 492. The third-order valence-electron chi connectivity index (χ3n) is 4.07. The van der Waals surface area contributed by atoms with E-state index < -0.39 is 16.8 Å². The van der Waals surface area contributed by atoms with E-state index in [1.807, 2.05) is 37.3 Å². The topological polar surface area (TPSA) is 72.2 Å². The molecule has 0 saturated heterocycles. The molecule has 0 radical (unpaired) electrons. The van der Waals surface area contributed by atoms with Crippen molar-refractivity contribution in [1.29, 1.82) is 0 Å². The van der Waals surface area contributed by atoms with Gasteiger partial charge < -0.3 is 11.1 Å². The van der Waals surface area contributed by atoms with Crippen LogP contribution >= 0.6 is 0 Å². The molecule has 1 saturated carbocycles. The summed E-state index contributed by atoms with van der Waals surface area (Å²) in [5.74, 6) is 0.545. The number of carbonyl (C=O) groups is 1. The van der Waals surface area contributed by atoms with Gasteiger partial charge >= 0.3 is 0 Å². The lowest BCUT2D eigenvalue weighted by molar-refractivity contribution is -0.123. The van der Waals surface area contributed by atoms with Crippen LogP contribution in [0.5, 0.6) is 0 Å². The van der Waals surface area contributed by atoms with Crippen molar-refractivity contribution in [1.82, 2.24) is 5.32 Å². The first-order valence-corrected chi connectivity index (χ1v) is 8.98. The summed E-state index contributed by atoms with van der Waals surface area (Å²) in [5, 5.41) is 3.24. The van der Waals surface area contributed by atoms with E-state index in [9.17, 15) is 9.00 Å². The molecule has 21 heavy (non-hydrogen) atoms. The average molecular weight is 308 g/mol. The van der Waals surface area contributed by atoms with Crippen LogP contribution < -0.4 is 11.1 Å². The maximum absolute atomic E-state index is 12.2. The van der Waals surface area contributed by atoms with Gasteiger partial charge in [0, 0.05) is 27.8 Å². The summed E-state index contributed by atoms with van der Waals surface area (Å²) in [6, 6.07) is 8.84. The van der Waals surface area contributed by atoms with Crippen molar-refractivity contribution in [3.8, 4) is 0 Å². The molecule has 1 aromatic rings. The molecule has 0 spiro atoms. The zero-order chi connectivity index (χ0) is 15.2. The molecule has 5 heteroatoms. The van der Waals surface area contributed by atoms with Crippen LogP contribution in [0.4, 0.5) is 0 Å². The Labute approximate surface area is 129 Å². The Kier molecular flexibility index (Phi) is 5.94. The molecule has 0 heterocycles. The summed E-state index contributed by atoms with van der Waals surface area (Å²) < 4.78 is 11.9. The van der Waals surface area contributed by atoms with Gasteiger partial charge in [-0.2, -0.15) is 0 Å². The first kappa shape index (κ1) is 16.2. The fraction of sp³-hybridized carbons (Fsp3) is 0.562. The average Bonchev–Trinajstić information content (AvgIpc) is 2.54. The number of hydrogen-bond acceptors (Lipinski definition) is 3. The van der Waals surface area contributed by atoms with E-state index >= 15 is 0 Å². The Morgan fingerprint density at radius 3 is 2.76 bits per heavy atom. The Balaban J connectivity index is 1.91. The molecule has 3 N–H and O–H groups in total. The number of nitrogens with one attached hydrogen (secondary N) is 1. The highest BCUT2D eigenvalue weighted by Crippen LogP contribution is 2.23. The molecule has 1 aromatic carbocycles. The molecule has 116 valence electrons. The molecule has 1 fully saturated rings. The molecular weight excluding hydrogens is 284 g/mol. The lowest BCUT2D eigenvalue weighted by atomic mass is 9.94. The van der Waals surface area contributed by atoms with Crippen molar-refractivity contribution in [2.24, 2.45) is 5.73 Å². The van der Waals surface area contributed by atoms with Gasteiger partial charge in [-0.15, -0.1) is 0 Å². The van der Waals surface area contributed by atoms with Crippen LogP contribution in [0.1, 0.15) is 44.2 Å². The van der Waals surface area contributed by atoms with Gasteiger partial charge in [-0.3, -0.25) is 9.00 Å². The van der Waals surface area contributed by atoms with Crippen molar-refractivity contribution in [2.75, 3.05) is 5.75 Å². The fourth-order valence-corrected chi connectivity index (χ4v) is 4.20. The second kappa shape index (κ2) is 7.71. The number of carbonyl (C=O) groups excluding carboxylic acids is 1. The van der Waals surface area contributed by atoms with E-state index in [0.29, 0.717) is 5.75 Å². The second-order valence-electron chi connectivity index (χ2n) is 5.55. The normalized spacial score (nSPS) is 25.0. The SMILES string of the molecule is CCS(=O)C1CCCC(NC(=O)C(N)c2ccccc2)C1. The summed E-state index contributed by atoms with van der Waals surface area (Å²) in [5.41, 5.74) is 6.82. The molecule has 0 bridgehead atoms. The zero-order valence-corrected chi connectivity index (χ0v) is 13.3. The van der Waals surface area contributed by atoms with Crippen molar-refractivity contribution < 1.29 is 9.00 Å². The smallest absolute Gasteiger partial charge is 0.241 e. The van der Waals surface area contributed by atoms with Crippen molar-refractivity contribution >= 4 is 16.7 Å². The maximum Gasteiger partial charge on any atom is 0.241 e. The van der Waals surface area contributed by atoms with Gasteiger partial charge in [0.25, 0.3) is 0 Å². The van der Waals surface area contributed by atoms with Crippen LogP contribution in [0.2, 0.25) is 0 Å². The Morgan fingerprint density at radius 1 is 1.38 bits per heavy atom. The standard InChI is InChI=1S/C16H24N2O2S/c1-2-21(20)14-10-6-9-13(11-14)18-16(19)15(17)12-7-4-3-5-8-12/h3-5,7-8,13-15H,2,6,9-11,17H2,1H3,(H,18,19). The predicted molar refractivity (Wildman–Crippen MR) is 86.2 cm³/mol. The Hall–Kier alpha value is -1.20. The first-order chi connectivity index (χ1) is 10.1. The number of amides is 1. The third-order valence-corrected chi connectivity index (χ3v) is 5.81. The summed E-state index contributed by atoms with van der Waals surface area (Å²) in [6.45, 7) is 1.95. The molecule has 1 amide bonds. The van der Waals surface area contributed by atoms with Crippen LogP contribution in [-0.2, 0) is 15.6 Å². The molecule has 1 aliphatic rings. The van der Waals surface area contributed by atoms with E-state index in [2.05, 4.69) is 5.32 Å². The Morgan fingerprint density at radius 2 is 2.10 bits per heavy atom. The van der Waals surface area contributed by atoms with Crippen LogP contribution in [-0.4, -0.2) is 27.2 Å². The van der Waals surface area contributed by atoms with Crippen molar-refractivity contribution in [2.45, 2.75) is 49.9 Å². The number of nitrogens with two attached hydrogens (primary N) is 1. The summed E-state index contributed by atoms with van der Waals surface area (Å²) in [6.07, 6.45) is 3.76. The van der Waals surface area contributed by atoms with E-state index in [1.165, 1.54) is 0 Å². The van der Waals surface area contributed by atoms with Crippen LogP contribution in [0, 0.1) is 0 Å². The lowest BCUT2D eigenvalue weighted by Gasteiger charge is -2.29. The van der Waals surface area contributed by atoms with Crippen LogP contribution in [0.25, 0.3) is 0 Å². The van der Waals surface area contributed by atoms with Gasteiger partial charge in [0.2, 0.25) is 5.91 Å². The molecule has 0 aromatic heterocycles. The third kappa shape index (κ3) is 4.38. The molecular formula is C16H24N2O2S. The molecule has 2 rings (SSSR count). The minimum absolute atomic E-state index is 0.0986. The highest BCUT2D eigenvalue weighted by atomic mass is 32.2. The van der Waals surface area contributed by atoms with Gasteiger partial charge in [-0.1, -0.05) is 43.7 Å². The van der Waals surface area contributed by atoms with Gasteiger partial charge in [0.1, 0.15) is 6.04 Å². The van der Waals surface area contributed by atoms with Gasteiger partial charge in [-0.05, 0) is 24.8 Å². The van der Waals surface area contributed by atoms with Gasteiger partial charge in [0.05, 0.1) is 0 Å². The van der Waals surface area contributed by atoms with Crippen molar-refractivity contribution in [3.05, 3.63) is 35.9 Å². The van der Waals surface area contributed by atoms with Crippen molar-refractivity contribution in [3.63, 3.8) is 0 Å². The van der Waals surface area contributed by atoms with E-state index in [-0.39, 0.29) is 17.2 Å². The predicted octanol–water partition coefficient (Wildman–Crippen LogP) is 1.88. The highest BCUT2D eigenvalue weighted by Gasteiger charge is 2.27. The monoisotopic (exact) mass is 308 g/mol. The maximum atomic E-state index is 12.2. The lowest BCUT2D eigenvalue weighted by Crippen LogP contribution is -2.44. The molecule has 1 aliphatic carbocycles. The van der Waals surface area contributed by atoms with Gasteiger partial charge in [0.15, 0.2) is 0 Å². The molecule has 4 unspecified atom stereocenters. The quantitative estimate of drug-likeness (QED) is 0.872. The fourth-order valence-electron chi connectivity index (χ4n) is 2.85. The van der Waals surface area contributed by atoms with Crippen LogP contribution in [0.15, 0.2) is 30.3 Å². The molecule has 4 atom stereocenters. The summed E-state index contributed by atoms with van der Waals surface area (Å²) in [4.78, 5) is 12.2. The number of rotatable bonds is 5. The minimum atomic E-state index is -0.778. The van der Waals surface area contributed by atoms with Crippen LogP contribution in [0.3, 0.4) is 0 Å². The summed E-state index contributed by atoms with van der Waals surface area (Å²) in [7, 11) is -0.778. The first-order valence-electron chi connectivity index (χ1n) is 7.60. The van der Waals surface area contributed by atoms with Gasteiger partial charge in [-0.25, -0.2) is 0 Å². The van der Waals surface area contributed by atoms with E-state index in [4.69, 9.17) is 5.73 Å². The minimum Gasteiger partial charge on any atom is -0.352 e. The second-order valence-corrected chi connectivity index (χ2v) is 7.56. The zero-order valence-electron chi connectivity index (χ0n) is 12.5. The van der Waals surface area contributed by atoms with E-state index in [0.717, 1.165) is 31.2 Å². The largest absolute Gasteiger partial charge is 0.352 e. The highest BCUT2D eigenvalue weighted by molar-refractivity contribution is 7.85. The molecule has 0 aliphatic heterocycles. The van der Waals surface area contributed by atoms with E-state index in [1.54, 1.807) is 0 Å². The number of hydrogen-bond donors (Lipinski definition) is 2. The summed E-state index contributed by atoms with van der Waals surface area (Å²) >= 11 is 0.